The number of hydrogen-bond acceptors (Lipinski definition) is 2. The number of imidazole rings is 1. The van der Waals surface area contributed by atoms with E-state index in [4.69, 9.17) is 4.98 Å². The summed E-state index contributed by atoms with van der Waals surface area (Å²) >= 11 is 0. The Kier molecular flexibility index (Phi) is 2.97. The molecule has 0 radical (unpaired) electrons. The van der Waals surface area contributed by atoms with Crippen molar-refractivity contribution in [3.8, 4) is 11.4 Å². The highest BCUT2D eigenvalue weighted by Crippen LogP contribution is 2.37. The standard InChI is InChI=1S/C23H18N4/c1-2-4-20-19(3-1)26-23(27-20)16-7-8-18-17(11-16)13-22(25-18)15-6-5-14-9-10-24-21(14)12-15/h1-12,22,24-25H,13H2,(H,26,27). The molecule has 6 rings (SSSR count). The first-order valence-corrected chi connectivity index (χ1v) is 9.25. The van der Waals surface area contributed by atoms with Gasteiger partial charge in [0.2, 0.25) is 0 Å². The van der Waals surface area contributed by atoms with E-state index in [1.54, 1.807) is 0 Å². The first kappa shape index (κ1) is 14.6. The fraction of sp³-hybridized carbons (Fsp3) is 0.0870. The molecular weight excluding hydrogens is 332 g/mol. The summed E-state index contributed by atoms with van der Waals surface area (Å²) in [5, 5.41) is 4.92. The van der Waals surface area contributed by atoms with Crippen LogP contribution in [0, 0.1) is 0 Å². The van der Waals surface area contributed by atoms with Crippen LogP contribution in [-0.4, -0.2) is 15.0 Å². The number of H-pyrrole nitrogens is 2. The molecule has 0 fully saturated rings. The molecule has 0 saturated carbocycles. The highest BCUT2D eigenvalue weighted by Gasteiger charge is 2.23. The number of hydrogen-bond donors (Lipinski definition) is 3. The Hall–Kier alpha value is -3.53. The second kappa shape index (κ2) is 5.48. The molecule has 0 bridgehead atoms. The van der Waals surface area contributed by atoms with Crippen molar-refractivity contribution in [3.63, 3.8) is 0 Å². The van der Waals surface area contributed by atoms with Gasteiger partial charge in [0.05, 0.1) is 17.1 Å². The third kappa shape index (κ3) is 2.34. The van der Waals surface area contributed by atoms with Gasteiger partial charge in [0, 0.05) is 23.0 Å². The predicted octanol–water partition coefficient (Wildman–Crippen LogP) is 5.42. The van der Waals surface area contributed by atoms with E-state index in [1.807, 2.05) is 24.4 Å². The number of rotatable bonds is 2. The fourth-order valence-corrected chi connectivity index (χ4v) is 4.08. The molecule has 0 saturated heterocycles. The molecule has 27 heavy (non-hydrogen) atoms. The molecule has 4 heteroatoms. The second-order valence-corrected chi connectivity index (χ2v) is 7.20. The van der Waals surface area contributed by atoms with Gasteiger partial charge in [-0.05, 0) is 65.4 Å². The normalized spacial score (nSPS) is 15.9. The Bertz CT molecular complexity index is 1260. The van der Waals surface area contributed by atoms with Gasteiger partial charge in [-0.3, -0.25) is 0 Å². The van der Waals surface area contributed by atoms with Gasteiger partial charge in [-0.15, -0.1) is 0 Å². The van der Waals surface area contributed by atoms with E-state index >= 15 is 0 Å². The topological polar surface area (TPSA) is 56.5 Å². The monoisotopic (exact) mass is 350 g/mol. The van der Waals surface area contributed by atoms with Crippen LogP contribution in [0.1, 0.15) is 17.2 Å². The number of nitrogens with one attached hydrogen (secondary N) is 3. The van der Waals surface area contributed by atoms with E-state index in [1.165, 1.54) is 27.7 Å². The number of benzene rings is 3. The van der Waals surface area contributed by atoms with E-state index in [9.17, 15) is 0 Å². The number of aromatic nitrogens is 3. The number of aromatic amines is 2. The molecule has 3 heterocycles. The first-order valence-electron chi connectivity index (χ1n) is 9.25. The molecule has 0 aliphatic carbocycles. The van der Waals surface area contributed by atoms with Crippen molar-refractivity contribution >= 4 is 27.6 Å². The van der Waals surface area contributed by atoms with Crippen molar-refractivity contribution in [3.05, 3.63) is 84.1 Å². The van der Waals surface area contributed by atoms with Crippen LogP contribution < -0.4 is 5.32 Å². The average molecular weight is 350 g/mol. The molecule has 1 atom stereocenters. The van der Waals surface area contributed by atoms with E-state index in [2.05, 4.69) is 63.8 Å². The summed E-state index contributed by atoms with van der Waals surface area (Å²) in [4.78, 5) is 11.5. The summed E-state index contributed by atoms with van der Waals surface area (Å²) in [5.41, 5.74) is 8.26. The van der Waals surface area contributed by atoms with Crippen LogP contribution in [0.2, 0.25) is 0 Å². The Morgan fingerprint density at radius 2 is 1.85 bits per heavy atom. The highest BCUT2D eigenvalue weighted by atomic mass is 15.0. The van der Waals surface area contributed by atoms with Crippen LogP contribution in [0.5, 0.6) is 0 Å². The summed E-state index contributed by atoms with van der Waals surface area (Å²) in [7, 11) is 0. The van der Waals surface area contributed by atoms with Crippen molar-refractivity contribution < 1.29 is 0 Å². The minimum Gasteiger partial charge on any atom is -0.378 e. The number of para-hydroxylation sites is 2. The van der Waals surface area contributed by atoms with Gasteiger partial charge in [-0.2, -0.15) is 0 Å². The third-order valence-corrected chi connectivity index (χ3v) is 5.50. The van der Waals surface area contributed by atoms with Gasteiger partial charge in [0.15, 0.2) is 0 Å². The summed E-state index contributed by atoms with van der Waals surface area (Å²) in [5.74, 6) is 0.926. The first-order chi connectivity index (χ1) is 13.3. The maximum absolute atomic E-state index is 4.73. The molecule has 0 amide bonds. The lowest BCUT2D eigenvalue weighted by molar-refractivity contribution is 0.825. The lowest BCUT2D eigenvalue weighted by atomic mass is 10.0. The van der Waals surface area contributed by atoms with Crippen LogP contribution in [0.4, 0.5) is 5.69 Å². The zero-order valence-corrected chi connectivity index (χ0v) is 14.7. The van der Waals surface area contributed by atoms with Gasteiger partial charge in [0.1, 0.15) is 5.82 Å². The Labute approximate surface area is 156 Å². The number of anilines is 1. The average Bonchev–Trinajstić information content (AvgIpc) is 3.42. The highest BCUT2D eigenvalue weighted by molar-refractivity contribution is 5.81. The molecule has 0 spiro atoms. The summed E-state index contributed by atoms with van der Waals surface area (Å²) < 4.78 is 0. The van der Waals surface area contributed by atoms with Crippen LogP contribution in [0.25, 0.3) is 33.3 Å². The lowest BCUT2D eigenvalue weighted by Gasteiger charge is -2.11. The summed E-state index contributed by atoms with van der Waals surface area (Å²) in [6, 6.07) is 23.8. The molecule has 5 aromatic rings. The van der Waals surface area contributed by atoms with Gasteiger partial charge >= 0.3 is 0 Å². The lowest BCUT2D eigenvalue weighted by Crippen LogP contribution is -2.05. The molecule has 1 unspecified atom stereocenters. The van der Waals surface area contributed by atoms with Crippen molar-refractivity contribution in [2.24, 2.45) is 0 Å². The predicted molar refractivity (Wildman–Crippen MR) is 110 cm³/mol. The molecule has 3 aromatic carbocycles. The fourth-order valence-electron chi connectivity index (χ4n) is 4.08. The van der Waals surface area contributed by atoms with Crippen LogP contribution >= 0.6 is 0 Å². The molecule has 1 aliphatic rings. The smallest absolute Gasteiger partial charge is 0.138 e. The van der Waals surface area contributed by atoms with Crippen molar-refractivity contribution in [1.29, 1.82) is 0 Å². The zero-order valence-electron chi connectivity index (χ0n) is 14.7. The van der Waals surface area contributed by atoms with Crippen LogP contribution in [0.15, 0.2) is 72.9 Å². The summed E-state index contributed by atoms with van der Waals surface area (Å²) in [6.45, 7) is 0. The maximum atomic E-state index is 4.73. The van der Waals surface area contributed by atoms with Crippen molar-refractivity contribution in [2.45, 2.75) is 12.5 Å². The molecule has 130 valence electrons. The Balaban J connectivity index is 1.34. The van der Waals surface area contributed by atoms with E-state index < -0.39 is 0 Å². The molecule has 3 N–H and O–H groups in total. The quantitative estimate of drug-likeness (QED) is 0.398. The molecular formula is C23H18N4. The van der Waals surface area contributed by atoms with E-state index in [0.29, 0.717) is 6.04 Å². The molecule has 4 nitrogen and oxygen atoms in total. The van der Waals surface area contributed by atoms with Crippen molar-refractivity contribution in [2.75, 3.05) is 5.32 Å². The second-order valence-electron chi connectivity index (χ2n) is 7.20. The largest absolute Gasteiger partial charge is 0.378 e. The van der Waals surface area contributed by atoms with Gasteiger partial charge < -0.3 is 15.3 Å². The molecule has 2 aromatic heterocycles. The minimum absolute atomic E-state index is 0.304. The van der Waals surface area contributed by atoms with Crippen LogP contribution in [0.3, 0.4) is 0 Å². The third-order valence-electron chi connectivity index (χ3n) is 5.50. The van der Waals surface area contributed by atoms with Gasteiger partial charge in [0.25, 0.3) is 0 Å². The number of fused-ring (bicyclic) bond motifs is 3. The number of nitrogens with zero attached hydrogens (tertiary/aromatic N) is 1. The Morgan fingerprint density at radius 3 is 2.81 bits per heavy atom. The maximum Gasteiger partial charge on any atom is 0.138 e. The molecule has 1 aliphatic heterocycles. The Morgan fingerprint density at radius 1 is 0.889 bits per heavy atom. The van der Waals surface area contributed by atoms with Gasteiger partial charge in [-0.1, -0.05) is 24.3 Å². The minimum atomic E-state index is 0.304. The van der Waals surface area contributed by atoms with Crippen LogP contribution in [-0.2, 0) is 6.42 Å². The van der Waals surface area contributed by atoms with E-state index in [0.717, 1.165) is 28.8 Å². The zero-order chi connectivity index (χ0) is 17.8. The SMILES string of the molecule is c1ccc2[nH]c(-c3ccc4c(c3)CC(c3ccc5cc[nH]c5c3)N4)nc2c1. The van der Waals surface area contributed by atoms with E-state index in [-0.39, 0.29) is 0 Å². The van der Waals surface area contributed by atoms with Crippen molar-refractivity contribution in [1.82, 2.24) is 15.0 Å². The summed E-state index contributed by atoms with van der Waals surface area (Å²) in [6.07, 6.45) is 2.97. The van der Waals surface area contributed by atoms with Gasteiger partial charge in [-0.25, -0.2) is 4.98 Å².